The summed E-state index contributed by atoms with van der Waals surface area (Å²) in [7, 11) is -2.71. The third-order valence-corrected chi connectivity index (χ3v) is 12.4. The fourth-order valence-electron chi connectivity index (χ4n) is 5.60. The molecule has 2 bridgehead atoms. The minimum Gasteiger partial charge on any atom is -0.539 e. The van der Waals surface area contributed by atoms with E-state index >= 15 is 0 Å². The molecule has 188 valence electrons. The van der Waals surface area contributed by atoms with E-state index in [-0.39, 0.29) is 54.5 Å². The summed E-state index contributed by atoms with van der Waals surface area (Å²) in [6.07, 6.45) is -0.566. The fourth-order valence-corrected chi connectivity index (χ4v) is 10.2. The summed E-state index contributed by atoms with van der Waals surface area (Å²) >= 11 is 0. The van der Waals surface area contributed by atoms with Crippen molar-refractivity contribution in [1.82, 2.24) is 0 Å². The molecular weight excluding hydrogens is 690 g/mol. The first-order chi connectivity index (χ1) is 16.9. The Morgan fingerprint density at radius 3 is 1.89 bits per heavy atom. The molecule has 3 aromatic rings. The van der Waals surface area contributed by atoms with E-state index in [1.807, 2.05) is 18.2 Å². The van der Waals surface area contributed by atoms with Crippen molar-refractivity contribution in [3.63, 3.8) is 0 Å². The van der Waals surface area contributed by atoms with Gasteiger partial charge in [0.1, 0.15) is 5.60 Å². The summed E-state index contributed by atoms with van der Waals surface area (Å²) in [4.78, 5) is 0. The monoisotopic (exact) mass is 725 g/mol. The Labute approximate surface area is 240 Å². The summed E-state index contributed by atoms with van der Waals surface area (Å²) < 4.78 is 26.3. The van der Waals surface area contributed by atoms with Gasteiger partial charge in [-0.1, -0.05) is 112 Å². The summed E-state index contributed by atoms with van der Waals surface area (Å²) in [5.41, 5.74) is 0.446. The van der Waals surface area contributed by atoms with Crippen molar-refractivity contribution in [2.24, 2.45) is 0 Å². The molecule has 0 unspecified atom stereocenters. The van der Waals surface area contributed by atoms with E-state index in [9.17, 15) is 0 Å². The summed E-state index contributed by atoms with van der Waals surface area (Å²) in [5, 5.41) is 2.39. The summed E-state index contributed by atoms with van der Waals surface area (Å²) in [6, 6.07) is 31.7. The zero-order valence-corrected chi connectivity index (χ0v) is 26.7. The average molecular weight is 726 g/mol. The molecular formula is C30H35O4SiU-. The van der Waals surface area contributed by atoms with Crippen molar-refractivity contribution in [3.8, 4) is 0 Å². The van der Waals surface area contributed by atoms with Crippen molar-refractivity contribution >= 4 is 18.7 Å². The maximum atomic E-state index is 7.26. The van der Waals surface area contributed by atoms with Crippen LogP contribution in [-0.2, 0) is 25.2 Å². The van der Waals surface area contributed by atoms with Crippen LogP contribution >= 0.6 is 0 Å². The Bertz CT molecular complexity index is 1070. The predicted octanol–water partition coefficient (Wildman–Crippen LogP) is 4.87. The second kappa shape index (κ2) is 11.3. The zero-order valence-electron chi connectivity index (χ0n) is 21.5. The Morgan fingerprint density at radius 2 is 1.39 bits per heavy atom. The minimum atomic E-state index is -2.71. The number of rotatable bonds is 8. The molecule has 0 saturated carbocycles. The van der Waals surface area contributed by atoms with Crippen LogP contribution in [-0.4, -0.2) is 38.8 Å². The molecule has 0 amide bonds. The third kappa shape index (κ3) is 4.95. The molecule has 36 heavy (non-hydrogen) atoms. The van der Waals surface area contributed by atoms with Gasteiger partial charge in [-0.15, -0.1) is 0 Å². The fraction of sp³-hybridized carbons (Fsp3) is 0.367. The van der Waals surface area contributed by atoms with Crippen LogP contribution in [0, 0.1) is 37.7 Å². The van der Waals surface area contributed by atoms with Gasteiger partial charge in [-0.2, -0.15) is 6.61 Å². The molecule has 0 radical (unpaired) electrons. The number of hydrogen-bond donors (Lipinski definition) is 0. The van der Waals surface area contributed by atoms with Crippen molar-refractivity contribution in [2.75, 3.05) is 6.61 Å². The largest absolute Gasteiger partial charge is 0.539 e. The minimum absolute atomic E-state index is 0. The molecule has 4 atom stereocenters. The first-order valence-corrected chi connectivity index (χ1v) is 14.3. The molecule has 0 aromatic heterocycles. The Kier molecular flexibility index (Phi) is 8.69. The molecule has 0 aliphatic carbocycles. The first-order valence-electron chi connectivity index (χ1n) is 12.4. The number of benzene rings is 3. The van der Waals surface area contributed by atoms with E-state index in [0.717, 1.165) is 5.56 Å². The average Bonchev–Trinajstić information content (AvgIpc) is 3.34. The van der Waals surface area contributed by atoms with Crippen LogP contribution < -0.4 is 10.4 Å². The van der Waals surface area contributed by atoms with Gasteiger partial charge in [-0.25, -0.2) is 0 Å². The second-order valence-corrected chi connectivity index (χ2v) is 14.9. The number of hydrogen-bond acceptors (Lipinski definition) is 4. The maximum absolute atomic E-state index is 7.26. The molecule has 2 aliphatic rings. The molecule has 2 heterocycles. The van der Waals surface area contributed by atoms with E-state index in [1.54, 1.807) is 6.61 Å². The van der Waals surface area contributed by atoms with Gasteiger partial charge in [-0.05, 0) is 34.0 Å². The molecule has 0 N–H and O–H groups in total. The van der Waals surface area contributed by atoms with E-state index in [2.05, 4.69) is 100 Å². The maximum Gasteiger partial charge on any atom is 0.261 e. The van der Waals surface area contributed by atoms with Crippen molar-refractivity contribution in [3.05, 3.63) is 103 Å². The van der Waals surface area contributed by atoms with Crippen LogP contribution in [0.25, 0.3) is 0 Å². The molecule has 2 fully saturated rings. The van der Waals surface area contributed by atoms with Crippen LogP contribution in [0.3, 0.4) is 0 Å². The number of ether oxygens (including phenoxy) is 3. The van der Waals surface area contributed by atoms with E-state index in [0.29, 0.717) is 13.2 Å². The summed E-state index contributed by atoms with van der Waals surface area (Å²) in [5.74, 6) is 0. The Morgan fingerprint density at radius 1 is 0.861 bits per heavy atom. The first kappa shape index (κ1) is 27.8. The van der Waals surface area contributed by atoms with E-state index in [4.69, 9.17) is 18.6 Å². The molecule has 0 spiro atoms. The van der Waals surface area contributed by atoms with E-state index < -0.39 is 13.9 Å². The van der Waals surface area contributed by atoms with Gasteiger partial charge in [0.25, 0.3) is 8.32 Å². The zero-order chi connectivity index (χ0) is 24.5. The van der Waals surface area contributed by atoms with E-state index in [1.165, 1.54) is 10.4 Å². The van der Waals surface area contributed by atoms with Crippen molar-refractivity contribution in [2.45, 2.75) is 63.3 Å². The standard InChI is InChI=1S/C30H35O4Si.U/c1-23-30(28(27(34-23)21-32-30)31-20-24-14-8-5-9-15-24)22-33-35(29(2,3)4,25-16-10-6-11-17-25)26-18-12-7-13-19-26;/h5-19,21,23,27-28H,20,22H2,1-4H3;/q-1;/t23-,27+,28+,30+;/m1./s1. The number of fused-ring (bicyclic) bond motifs is 2. The smallest absolute Gasteiger partial charge is 0.261 e. The molecule has 3 aromatic carbocycles. The van der Waals surface area contributed by atoms with Gasteiger partial charge in [0.15, 0.2) is 0 Å². The van der Waals surface area contributed by atoms with Gasteiger partial charge >= 0.3 is 0 Å². The molecule has 6 heteroatoms. The molecule has 4 nitrogen and oxygen atoms in total. The van der Waals surface area contributed by atoms with Crippen LogP contribution in [0.4, 0.5) is 0 Å². The van der Waals surface area contributed by atoms with Crippen LogP contribution in [0.5, 0.6) is 0 Å². The van der Waals surface area contributed by atoms with Gasteiger partial charge in [-0.3, -0.25) is 0 Å². The quantitative estimate of drug-likeness (QED) is 0.246. The van der Waals surface area contributed by atoms with Crippen LogP contribution in [0.2, 0.25) is 5.04 Å². The van der Waals surface area contributed by atoms with Gasteiger partial charge in [0, 0.05) is 31.1 Å². The normalized spacial score (nSPS) is 25.5. The SMILES string of the molecule is C[C@H]1O[C@H]2[CH-]O[C@]1(CO[Si](c1ccccc1)(c1ccccc1)C(C)(C)C)[C@H]2OCc1ccccc1.[U]. The second-order valence-electron chi connectivity index (χ2n) is 10.6. The van der Waals surface area contributed by atoms with Gasteiger partial charge in [0.05, 0.1) is 25.4 Å². The topological polar surface area (TPSA) is 36.9 Å². The molecule has 5 rings (SSSR count). The molecule has 2 aliphatic heterocycles. The predicted molar refractivity (Wildman–Crippen MR) is 141 cm³/mol. The van der Waals surface area contributed by atoms with Crippen molar-refractivity contribution in [1.29, 1.82) is 0 Å². The van der Waals surface area contributed by atoms with Crippen LogP contribution in [0.1, 0.15) is 33.3 Å². The third-order valence-electron chi connectivity index (χ3n) is 7.45. The van der Waals surface area contributed by atoms with Crippen molar-refractivity contribution < 1.29 is 49.7 Å². The Balaban J connectivity index is 0.00000304. The van der Waals surface area contributed by atoms with Crippen LogP contribution in [0.15, 0.2) is 91.0 Å². The summed E-state index contributed by atoms with van der Waals surface area (Å²) in [6.45, 7) is 11.6. The molecule has 2 saturated heterocycles. The van der Waals surface area contributed by atoms with Gasteiger partial charge < -0.3 is 18.6 Å². The Hall–Kier alpha value is -1.23. The van der Waals surface area contributed by atoms with Gasteiger partial charge in [0.2, 0.25) is 0 Å².